The van der Waals surface area contributed by atoms with Crippen LogP contribution in [-0.4, -0.2) is 12.5 Å². The first-order valence-corrected chi connectivity index (χ1v) is 7.36. The zero-order valence-electron chi connectivity index (χ0n) is 12.0. The van der Waals surface area contributed by atoms with Crippen LogP contribution in [0, 0.1) is 0 Å². The first-order chi connectivity index (χ1) is 9.17. The Labute approximate surface area is 115 Å². The molecule has 1 atom stereocenters. The van der Waals surface area contributed by atoms with E-state index in [1.165, 1.54) is 11.1 Å². The molecule has 104 valence electrons. The van der Waals surface area contributed by atoms with Crippen molar-refractivity contribution in [2.45, 2.75) is 52.0 Å². The van der Waals surface area contributed by atoms with Gasteiger partial charge in [-0.05, 0) is 43.4 Å². The first-order valence-electron chi connectivity index (χ1n) is 7.36. The number of nitrogens with zero attached hydrogens (tertiary/aromatic N) is 1. The number of anilines is 1. The maximum atomic E-state index is 12.0. The van der Waals surface area contributed by atoms with E-state index in [0.29, 0.717) is 6.42 Å². The Hall–Kier alpha value is -1.35. The Morgan fingerprint density at radius 3 is 2.79 bits per heavy atom. The third-order valence-corrected chi connectivity index (χ3v) is 3.88. The normalized spacial score (nSPS) is 17.0. The van der Waals surface area contributed by atoms with E-state index < -0.39 is 0 Å². The van der Waals surface area contributed by atoms with Gasteiger partial charge in [-0.1, -0.05) is 25.5 Å². The van der Waals surface area contributed by atoms with E-state index in [1.807, 2.05) is 11.8 Å². The highest BCUT2D eigenvalue weighted by atomic mass is 16.2. The summed E-state index contributed by atoms with van der Waals surface area (Å²) in [6, 6.07) is 6.48. The molecule has 0 spiro atoms. The third-order valence-electron chi connectivity index (χ3n) is 3.88. The van der Waals surface area contributed by atoms with E-state index in [2.05, 4.69) is 25.1 Å². The molecule has 2 rings (SSSR count). The van der Waals surface area contributed by atoms with Gasteiger partial charge in [0, 0.05) is 24.7 Å². The number of carbonyl (C=O) groups excluding carboxylic acids is 1. The summed E-state index contributed by atoms with van der Waals surface area (Å²) in [7, 11) is 0. The average molecular weight is 260 g/mol. The largest absolute Gasteiger partial charge is 0.324 e. The molecule has 1 aromatic rings. The van der Waals surface area contributed by atoms with Gasteiger partial charge in [0.05, 0.1) is 0 Å². The maximum Gasteiger partial charge on any atom is 0.226 e. The zero-order chi connectivity index (χ0) is 13.8. The molecule has 2 N–H and O–H groups in total. The molecule has 0 aliphatic carbocycles. The Morgan fingerprint density at radius 1 is 1.32 bits per heavy atom. The van der Waals surface area contributed by atoms with Crippen molar-refractivity contribution in [1.29, 1.82) is 0 Å². The van der Waals surface area contributed by atoms with Crippen molar-refractivity contribution >= 4 is 11.6 Å². The molecule has 3 nitrogen and oxygen atoms in total. The molecule has 0 saturated carbocycles. The Morgan fingerprint density at radius 2 is 2.11 bits per heavy atom. The van der Waals surface area contributed by atoms with Crippen molar-refractivity contribution in [3.05, 3.63) is 29.3 Å². The van der Waals surface area contributed by atoms with Gasteiger partial charge in [0.2, 0.25) is 5.91 Å². The van der Waals surface area contributed by atoms with Gasteiger partial charge in [0.1, 0.15) is 0 Å². The van der Waals surface area contributed by atoms with Gasteiger partial charge in [-0.15, -0.1) is 0 Å². The molecule has 1 aliphatic heterocycles. The second kappa shape index (κ2) is 6.20. The number of carbonyl (C=O) groups is 1. The maximum absolute atomic E-state index is 12.0. The Bertz CT molecular complexity index is 456. The smallest absolute Gasteiger partial charge is 0.226 e. The second-order valence-corrected chi connectivity index (χ2v) is 5.27. The topological polar surface area (TPSA) is 46.3 Å². The number of aryl methyl sites for hydroxylation is 1. The summed E-state index contributed by atoms with van der Waals surface area (Å²) in [6.07, 6.45) is 4.67. The van der Waals surface area contributed by atoms with Crippen LogP contribution in [0.5, 0.6) is 0 Å². The number of amides is 1. The molecule has 0 bridgehead atoms. The van der Waals surface area contributed by atoms with Crippen LogP contribution >= 0.6 is 0 Å². The van der Waals surface area contributed by atoms with E-state index in [4.69, 9.17) is 5.73 Å². The van der Waals surface area contributed by atoms with Crippen molar-refractivity contribution < 1.29 is 4.79 Å². The molecular formula is C16H24N2O. The lowest BCUT2D eigenvalue weighted by Gasteiger charge is -2.22. The summed E-state index contributed by atoms with van der Waals surface area (Å²) < 4.78 is 0. The first kappa shape index (κ1) is 14.1. The molecule has 1 aromatic carbocycles. The molecule has 1 amide bonds. The van der Waals surface area contributed by atoms with Gasteiger partial charge >= 0.3 is 0 Å². The quantitative estimate of drug-likeness (QED) is 0.903. The van der Waals surface area contributed by atoms with E-state index in [0.717, 1.165) is 37.9 Å². The Balaban J connectivity index is 2.34. The van der Waals surface area contributed by atoms with Crippen LogP contribution in [-0.2, 0) is 11.2 Å². The molecule has 0 saturated heterocycles. The summed E-state index contributed by atoms with van der Waals surface area (Å²) >= 11 is 0. The van der Waals surface area contributed by atoms with Crippen molar-refractivity contribution in [3.63, 3.8) is 0 Å². The number of hydrogen-bond donors (Lipinski definition) is 1. The van der Waals surface area contributed by atoms with Gasteiger partial charge < -0.3 is 10.6 Å². The third kappa shape index (κ3) is 2.98. The van der Waals surface area contributed by atoms with Gasteiger partial charge in [-0.2, -0.15) is 0 Å². The SMILES string of the molecule is CCCC(N)c1ccc2c(c1)CCCC(=O)N2CC. The molecular weight excluding hydrogens is 236 g/mol. The number of rotatable bonds is 4. The number of nitrogens with two attached hydrogens (primary N) is 1. The highest BCUT2D eigenvalue weighted by Gasteiger charge is 2.21. The van der Waals surface area contributed by atoms with E-state index in [1.54, 1.807) is 0 Å². The lowest BCUT2D eigenvalue weighted by Crippen LogP contribution is -2.29. The van der Waals surface area contributed by atoms with Gasteiger partial charge in [0.25, 0.3) is 0 Å². The van der Waals surface area contributed by atoms with Crippen LogP contribution in [0.4, 0.5) is 5.69 Å². The molecule has 3 heteroatoms. The summed E-state index contributed by atoms with van der Waals surface area (Å²) in [5.41, 5.74) is 9.75. The van der Waals surface area contributed by atoms with Crippen molar-refractivity contribution in [3.8, 4) is 0 Å². The molecule has 0 radical (unpaired) electrons. The van der Waals surface area contributed by atoms with Crippen LogP contribution in [0.15, 0.2) is 18.2 Å². The van der Waals surface area contributed by atoms with Crippen LogP contribution in [0.1, 0.15) is 56.7 Å². The molecule has 0 aromatic heterocycles. The number of benzene rings is 1. The molecule has 1 unspecified atom stereocenters. The fourth-order valence-corrected chi connectivity index (χ4v) is 2.82. The van der Waals surface area contributed by atoms with Gasteiger partial charge in [0.15, 0.2) is 0 Å². The molecule has 19 heavy (non-hydrogen) atoms. The van der Waals surface area contributed by atoms with Crippen molar-refractivity contribution in [2.75, 3.05) is 11.4 Å². The Kier molecular flexibility index (Phi) is 4.59. The van der Waals surface area contributed by atoms with Crippen LogP contribution < -0.4 is 10.6 Å². The summed E-state index contributed by atoms with van der Waals surface area (Å²) in [5.74, 6) is 0.242. The lowest BCUT2D eigenvalue weighted by atomic mass is 9.98. The molecule has 0 fully saturated rings. The minimum Gasteiger partial charge on any atom is -0.324 e. The standard InChI is InChI=1S/C16H24N2O/c1-3-6-14(17)12-9-10-15-13(11-12)7-5-8-16(19)18(15)4-2/h9-11,14H,3-8,17H2,1-2H3. The molecule has 1 aliphatic rings. The predicted octanol–water partition coefficient (Wildman–Crippen LogP) is 3.18. The fourth-order valence-electron chi connectivity index (χ4n) is 2.82. The van der Waals surface area contributed by atoms with Crippen molar-refractivity contribution in [2.24, 2.45) is 5.73 Å². The van der Waals surface area contributed by atoms with Crippen LogP contribution in [0.25, 0.3) is 0 Å². The minimum absolute atomic E-state index is 0.115. The summed E-state index contributed by atoms with van der Waals surface area (Å²) in [5, 5.41) is 0. The lowest BCUT2D eigenvalue weighted by molar-refractivity contribution is -0.118. The van der Waals surface area contributed by atoms with Gasteiger partial charge in [-0.25, -0.2) is 0 Å². The fraction of sp³-hybridized carbons (Fsp3) is 0.562. The highest BCUT2D eigenvalue weighted by Crippen LogP contribution is 2.30. The van der Waals surface area contributed by atoms with E-state index in [9.17, 15) is 4.79 Å². The van der Waals surface area contributed by atoms with E-state index >= 15 is 0 Å². The zero-order valence-corrected chi connectivity index (χ0v) is 12.0. The molecule has 1 heterocycles. The van der Waals surface area contributed by atoms with E-state index in [-0.39, 0.29) is 11.9 Å². The highest BCUT2D eigenvalue weighted by molar-refractivity contribution is 5.94. The van der Waals surface area contributed by atoms with Gasteiger partial charge in [-0.3, -0.25) is 4.79 Å². The summed E-state index contributed by atoms with van der Waals surface area (Å²) in [4.78, 5) is 13.9. The van der Waals surface area contributed by atoms with Crippen LogP contribution in [0.2, 0.25) is 0 Å². The monoisotopic (exact) mass is 260 g/mol. The average Bonchev–Trinajstić information content (AvgIpc) is 2.56. The second-order valence-electron chi connectivity index (χ2n) is 5.27. The number of fused-ring (bicyclic) bond motifs is 1. The predicted molar refractivity (Wildman–Crippen MR) is 79.2 cm³/mol. The summed E-state index contributed by atoms with van der Waals surface area (Å²) in [6.45, 7) is 4.93. The van der Waals surface area contributed by atoms with Crippen molar-refractivity contribution in [1.82, 2.24) is 0 Å². The van der Waals surface area contributed by atoms with Crippen LogP contribution in [0.3, 0.4) is 0 Å². The minimum atomic E-state index is 0.115. The number of hydrogen-bond acceptors (Lipinski definition) is 2.